The van der Waals surface area contributed by atoms with E-state index in [1.807, 2.05) is 32.9 Å². The van der Waals surface area contributed by atoms with Gasteiger partial charge in [-0.2, -0.15) is 22.6 Å². The van der Waals surface area contributed by atoms with Crippen molar-refractivity contribution >= 4 is 27.0 Å². The number of hydrogen-bond acceptors (Lipinski definition) is 7. The monoisotopic (exact) mass is 646 g/mol. The molecule has 10 nitrogen and oxygen atoms in total. The van der Waals surface area contributed by atoms with E-state index in [1.54, 1.807) is 36.3 Å². The molecule has 45 heavy (non-hydrogen) atoms. The Balaban J connectivity index is 1.59. The van der Waals surface area contributed by atoms with E-state index in [4.69, 9.17) is 9.84 Å². The number of carbonyl (C=O) groups is 1. The quantitative estimate of drug-likeness (QED) is 0.253. The molecule has 0 fully saturated rings. The molecule has 2 aromatic heterocycles. The Morgan fingerprint density at radius 2 is 1.87 bits per heavy atom. The maximum atomic E-state index is 13.9. The van der Waals surface area contributed by atoms with E-state index in [2.05, 4.69) is 10.3 Å². The van der Waals surface area contributed by atoms with Crippen LogP contribution >= 0.6 is 0 Å². The molecule has 3 heterocycles. The van der Waals surface area contributed by atoms with E-state index in [9.17, 15) is 26.4 Å². The molecule has 0 saturated carbocycles. The number of esters is 1. The molecule has 242 valence electrons. The molecule has 0 radical (unpaired) electrons. The lowest BCUT2D eigenvalue weighted by Crippen LogP contribution is -2.34. The van der Waals surface area contributed by atoms with E-state index in [1.165, 1.54) is 17.5 Å². The largest absolute Gasteiger partial charge is 0.469 e. The lowest BCUT2D eigenvalue weighted by atomic mass is 9.71. The van der Waals surface area contributed by atoms with Crippen molar-refractivity contribution < 1.29 is 31.1 Å². The van der Waals surface area contributed by atoms with Crippen LogP contribution in [-0.4, -0.2) is 57.1 Å². The Kier molecular flexibility index (Phi) is 8.36. The molecular weight excluding hydrogens is 609 g/mol. The summed E-state index contributed by atoms with van der Waals surface area (Å²) in [5.74, 6) is -1.23. The SMILES string of the molecule is CCn1nnc2c(C)c([C@H](c3cc(CN4C[C@@H](C)Cc5ccc(C(F)(F)F)cc5S4(=O)=O)n(C)n3)C(C)(C)C(=O)OC)ccc21. The van der Waals surface area contributed by atoms with E-state index in [0.717, 1.165) is 28.8 Å². The Morgan fingerprint density at radius 3 is 2.51 bits per heavy atom. The van der Waals surface area contributed by atoms with Gasteiger partial charge in [-0.25, -0.2) is 13.1 Å². The van der Waals surface area contributed by atoms with Crippen LogP contribution < -0.4 is 0 Å². The number of methoxy groups -OCH3 is 1. The van der Waals surface area contributed by atoms with E-state index in [0.29, 0.717) is 35.4 Å². The van der Waals surface area contributed by atoms with Crippen LogP contribution in [0.3, 0.4) is 0 Å². The molecule has 0 aliphatic carbocycles. The lowest BCUT2D eigenvalue weighted by molar-refractivity contribution is -0.151. The van der Waals surface area contributed by atoms with Crippen LogP contribution in [-0.2, 0) is 52.3 Å². The van der Waals surface area contributed by atoms with Crippen LogP contribution in [0.4, 0.5) is 13.2 Å². The summed E-state index contributed by atoms with van der Waals surface area (Å²) in [7, 11) is -1.29. The topological polar surface area (TPSA) is 112 Å². The maximum Gasteiger partial charge on any atom is 0.416 e. The fraction of sp³-hybridized carbons (Fsp3) is 0.484. The molecule has 4 aromatic rings. The van der Waals surface area contributed by atoms with Crippen molar-refractivity contribution in [3.8, 4) is 0 Å². The maximum absolute atomic E-state index is 13.9. The molecule has 0 saturated heterocycles. The summed E-state index contributed by atoms with van der Waals surface area (Å²) in [6.45, 7) is 9.89. The number of alkyl halides is 3. The van der Waals surface area contributed by atoms with Crippen molar-refractivity contribution in [2.45, 2.75) is 71.1 Å². The second kappa shape index (κ2) is 11.5. The molecule has 2 aromatic carbocycles. The van der Waals surface area contributed by atoms with Crippen LogP contribution in [0.1, 0.15) is 67.3 Å². The van der Waals surface area contributed by atoms with Gasteiger partial charge in [0.2, 0.25) is 10.0 Å². The third-order valence-electron chi connectivity index (χ3n) is 8.75. The zero-order valence-electron chi connectivity index (χ0n) is 26.3. The minimum atomic E-state index is -4.68. The first-order chi connectivity index (χ1) is 21.0. The summed E-state index contributed by atoms with van der Waals surface area (Å²) in [5, 5.41) is 13.4. The second-order valence-electron chi connectivity index (χ2n) is 12.3. The number of aryl methyl sites for hydroxylation is 3. The Labute approximate surface area is 260 Å². The Bertz CT molecular complexity index is 1880. The summed E-state index contributed by atoms with van der Waals surface area (Å²) in [6.07, 6.45) is -4.36. The van der Waals surface area contributed by atoms with E-state index >= 15 is 0 Å². The van der Waals surface area contributed by atoms with Gasteiger partial charge in [0.25, 0.3) is 0 Å². The lowest BCUT2D eigenvalue weighted by Gasteiger charge is -2.32. The predicted molar refractivity (Wildman–Crippen MR) is 161 cm³/mol. The van der Waals surface area contributed by atoms with Crippen molar-refractivity contribution in [1.29, 1.82) is 0 Å². The molecule has 2 atom stereocenters. The van der Waals surface area contributed by atoms with Gasteiger partial charge in [0.1, 0.15) is 5.52 Å². The smallest absolute Gasteiger partial charge is 0.416 e. The van der Waals surface area contributed by atoms with Crippen molar-refractivity contribution in [2.75, 3.05) is 13.7 Å². The number of nitrogens with zero attached hydrogens (tertiary/aromatic N) is 6. The number of sulfonamides is 1. The molecule has 1 aliphatic rings. The van der Waals surface area contributed by atoms with Crippen LogP contribution in [0.15, 0.2) is 41.3 Å². The number of hydrogen-bond donors (Lipinski definition) is 0. The van der Waals surface area contributed by atoms with Gasteiger partial charge < -0.3 is 4.74 Å². The molecule has 1 aliphatic heterocycles. The fourth-order valence-corrected chi connectivity index (χ4v) is 8.13. The minimum Gasteiger partial charge on any atom is -0.469 e. The second-order valence-corrected chi connectivity index (χ2v) is 14.2. The van der Waals surface area contributed by atoms with Crippen LogP contribution in [0.25, 0.3) is 11.0 Å². The van der Waals surface area contributed by atoms with Gasteiger partial charge in [0.15, 0.2) is 0 Å². The summed E-state index contributed by atoms with van der Waals surface area (Å²) in [6, 6.07) is 8.49. The van der Waals surface area contributed by atoms with Crippen LogP contribution in [0.5, 0.6) is 0 Å². The first kappa shape index (κ1) is 32.6. The first-order valence-corrected chi connectivity index (χ1v) is 16.1. The number of fused-ring (bicyclic) bond motifs is 2. The summed E-state index contributed by atoms with van der Waals surface area (Å²) in [4.78, 5) is 12.8. The zero-order chi connectivity index (χ0) is 33.1. The van der Waals surface area contributed by atoms with Gasteiger partial charge >= 0.3 is 12.1 Å². The summed E-state index contributed by atoms with van der Waals surface area (Å²) in [5.41, 5.74) is 2.41. The fourth-order valence-electron chi connectivity index (χ4n) is 6.34. The average molecular weight is 647 g/mol. The number of carbonyl (C=O) groups excluding carboxylic acids is 1. The van der Waals surface area contributed by atoms with Crippen molar-refractivity contribution in [3.63, 3.8) is 0 Å². The molecule has 0 unspecified atom stereocenters. The molecule has 0 spiro atoms. The molecular formula is C31H37F3N6O4S. The molecule has 0 amide bonds. The van der Waals surface area contributed by atoms with Gasteiger partial charge in [-0.1, -0.05) is 24.3 Å². The third kappa shape index (κ3) is 5.73. The number of ether oxygens (including phenoxy) is 1. The highest BCUT2D eigenvalue weighted by molar-refractivity contribution is 7.89. The molecule has 0 N–H and O–H groups in total. The normalized spacial score (nSPS) is 18.0. The van der Waals surface area contributed by atoms with Crippen molar-refractivity contribution in [3.05, 3.63) is 70.0 Å². The van der Waals surface area contributed by atoms with Crippen LogP contribution in [0, 0.1) is 18.3 Å². The standard InChI is InChI=1S/C31H37F3N6O4S/c1-8-40-25-12-11-23(19(3)28(25)35-37-40)27(30(4,5)29(41)44-7)24-15-22(38(6)36-24)17-39-16-18(2)13-20-9-10-21(31(32,33)34)14-26(20)45(39,42)43/h9-12,14-15,18,27H,8,13,16-17H2,1-7H3/t18-,27+/m0/s1. The number of benzene rings is 2. The Hall–Kier alpha value is -3.78. The first-order valence-electron chi connectivity index (χ1n) is 14.6. The number of halogens is 3. The Morgan fingerprint density at radius 1 is 1.16 bits per heavy atom. The highest BCUT2D eigenvalue weighted by Gasteiger charge is 2.43. The average Bonchev–Trinajstić information content (AvgIpc) is 3.53. The molecule has 14 heteroatoms. The molecule has 0 bridgehead atoms. The van der Waals surface area contributed by atoms with E-state index in [-0.39, 0.29) is 23.9 Å². The van der Waals surface area contributed by atoms with Gasteiger partial charge in [-0.05, 0) is 81.0 Å². The van der Waals surface area contributed by atoms with Gasteiger partial charge in [-0.15, -0.1) is 5.10 Å². The van der Waals surface area contributed by atoms with Crippen molar-refractivity contribution in [2.24, 2.45) is 18.4 Å². The van der Waals surface area contributed by atoms with E-state index < -0.39 is 39.1 Å². The highest BCUT2D eigenvalue weighted by atomic mass is 32.2. The minimum absolute atomic E-state index is 0.110. The zero-order valence-corrected chi connectivity index (χ0v) is 27.1. The van der Waals surface area contributed by atoms with Gasteiger partial charge in [0, 0.05) is 26.1 Å². The molecule has 5 rings (SSSR count). The van der Waals surface area contributed by atoms with Gasteiger partial charge in [-0.3, -0.25) is 9.48 Å². The summed E-state index contributed by atoms with van der Waals surface area (Å²) < 4.78 is 78.1. The van der Waals surface area contributed by atoms with Crippen LogP contribution in [0.2, 0.25) is 0 Å². The highest BCUT2D eigenvalue weighted by Crippen LogP contribution is 2.44. The number of rotatable bonds is 7. The predicted octanol–water partition coefficient (Wildman–Crippen LogP) is 5.23. The summed E-state index contributed by atoms with van der Waals surface area (Å²) >= 11 is 0. The van der Waals surface area contributed by atoms with Crippen molar-refractivity contribution in [1.82, 2.24) is 29.1 Å². The van der Waals surface area contributed by atoms with Gasteiger partial charge in [0.05, 0.1) is 46.4 Å². The number of aromatic nitrogens is 5. The third-order valence-corrected chi connectivity index (χ3v) is 10.6.